The molecule has 5 heteroatoms. The van der Waals surface area contributed by atoms with Gasteiger partial charge in [-0.05, 0) is 31.2 Å². The maximum atomic E-state index is 13.4. The van der Waals surface area contributed by atoms with E-state index in [0.717, 1.165) is 11.3 Å². The van der Waals surface area contributed by atoms with E-state index in [2.05, 4.69) is 5.32 Å². The second kappa shape index (κ2) is 7.45. The van der Waals surface area contributed by atoms with E-state index in [1.807, 2.05) is 31.2 Å². The number of carbonyl (C=O) groups is 1. The number of hydrogen-bond donors (Lipinski definition) is 1. The van der Waals surface area contributed by atoms with Crippen molar-refractivity contribution in [2.24, 2.45) is 0 Å². The Kier molecular flexibility index (Phi) is 5.36. The SMILES string of the molecule is Cc1ccc(NC(=O)N(C)CCOc2ccccc2F)cc1. The molecule has 2 aromatic rings. The van der Waals surface area contributed by atoms with Crippen molar-refractivity contribution in [1.29, 1.82) is 0 Å². The number of urea groups is 1. The normalized spacial score (nSPS) is 10.1. The predicted octanol–water partition coefficient (Wildman–Crippen LogP) is 3.68. The average molecular weight is 302 g/mol. The van der Waals surface area contributed by atoms with Gasteiger partial charge in [-0.3, -0.25) is 0 Å². The van der Waals surface area contributed by atoms with Gasteiger partial charge in [-0.2, -0.15) is 0 Å². The maximum absolute atomic E-state index is 13.4. The molecular formula is C17H19FN2O2. The lowest BCUT2D eigenvalue weighted by Gasteiger charge is -2.18. The zero-order chi connectivity index (χ0) is 15.9. The number of benzene rings is 2. The van der Waals surface area contributed by atoms with E-state index in [9.17, 15) is 9.18 Å². The molecule has 4 nitrogen and oxygen atoms in total. The molecule has 22 heavy (non-hydrogen) atoms. The van der Waals surface area contributed by atoms with Crippen LogP contribution in [0.15, 0.2) is 48.5 Å². The molecule has 0 atom stereocenters. The Balaban J connectivity index is 1.79. The van der Waals surface area contributed by atoms with Crippen molar-refractivity contribution in [1.82, 2.24) is 4.90 Å². The number of amides is 2. The van der Waals surface area contributed by atoms with Gasteiger partial charge >= 0.3 is 6.03 Å². The quantitative estimate of drug-likeness (QED) is 0.915. The fourth-order valence-corrected chi connectivity index (χ4v) is 1.81. The van der Waals surface area contributed by atoms with Gasteiger partial charge in [-0.25, -0.2) is 9.18 Å². The summed E-state index contributed by atoms with van der Waals surface area (Å²) >= 11 is 0. The third-order valence-corrected chi connectivity index (χ3v) is 3.17. The summed E-state index contributed by atoms with van der Waals surface area (Å²) in [6.07, 6.45) is 0. The van der Waals surface area contributed by atoms with Crippen molar-refractivity contribution in [2.45, 2.75) is 6.92 Å². The van der Waals surface area contributed by atoms with Crippen LogP contribution in [-0.2, 0) is 0 Å². The Morgan fingerprint density at radius 3 is 2.55 bits per heavy atom. The van der Waals surface area contributed by atoms with E-state index >= 15 is 0 Å². The van der Waals surface area contributed by atoms with E-state index in [-0.39, 0.29) is 18.4 Å². The Morgan fingerprint density at radius 2 is 1.86 bits per heavy atom. The largest absolute Gasteiger partial charge is 0.489 e. The van der Waals surface area contributed by atoms with E-state index < -0.39 is 5.82 Å². The van der Waals surface area contributed by atoms with E-state index in [1.165, 1.54) is 11.0 Å². The predicted molar refractivity (Wildman–Crippen MR) is 84.7 cm³/mol. The molecule has 2 rings (SSSR count). The van der Waals surface area contributed by atoms with Gasteiger partial charge in [0, 0.05) is 12.7 Å². The molecule has 0 saturated carbocycles. The van der Waals surface area contributed by atoms with Crippen LogP contribution < -0.4 is 10.1 Å². The highest BCUT2D eigenvalue weighted by molar-refractivity contribution is 5.89. The minimum atomic E-state index is -0.408. The smallest absolute Gasteiger partial charge is 0.321 e. The summed E-state index contributed by atoms with van der Waals surface area (Å²) in [7, 11) is 1.66. The molecule has 0 fully saturated rings. The number of ether oxygens (including phenoxy) is 1. The summed E-state index contributed by atoms with van der Waals surface area (Å²) in [6, 6.07) is 13.5. The first-order valence-corrected chi connectivity index (χ1v) is 7.02. The van der Waals surface area contributed by atoms with Crippen molar-refractivity contribution >= 4 is 11.7 Å². The van der Waals surface area contributed by atoms with Crippen molar-refractivity contribution in [3.63, 3.8) is 0 Å². The van der Waals surface area contributed by atoms with E-state index in [4.69, 9.17) is 4.74 Å². The molecule has 0 aliphatic rings. The van der Waals surface area contributed by atoms with Gasteiger partial charge in [0.15, 0.2) is 11.6 Å². The Labute approximate surface area is 129 Å². The monoisotopic (exact) mass is 302 g/mol. The number of para-hydroxylation sites is 1. The summed E-state index contributed by atoms with van der Waals surface area (Å²) in [4.78, 5) is 13.5. The summed E-state index contributed by atoms with van der Waals surface area (Å²) in [5, 5.41) is 2.79. The molecule has 0 radical (unpaired) electrons. The van der Waals surface area contributed by atoms with Crippen LogP contribution in [0.25, 0.3) is 0 Å². The molecule has 2 aromatic carbocycles. The summed E-state index contributed by atoms with van der Waals surface area (Å²) in [5.41, 5.74) is 1.86. The Morgan fingerprint density at radius 1 is 1.18 bits per heavy atom. The van der Waals surface area contributed by atoms with Crippen molar-refractivity contribution in [3.05, 3.63) is 59.9 Å². The van der Waals surface area contributed by atoms with Gasteiger partial charge < -0.3 is 15.0 Å². The third kappa shape index (κ3) is 4.48. The fourth-order valence-electron chi connectivity index (χ4n) is 1.81. The van der Waals surface area contributed by atoms with E-state index in [1.54, 1.807) is 25.2 Å². The lowest BCUT2D eigenvalue weighted by Crippen LogP contribution is -2.34. The molecule has 0 unspecified atom stereocenters. The van der Waals surface area contributed by atoms with Gasteiger partial charge in [0.1, 0.15) is 6.61 Å². The molecular weight excluding hydrogens is 283 g/mol. The minimum absolute atomic E-state index is 0.190. The van der Waals surface area contributed by atoms with Crippen molar-refractivity contribution < 1.29 is 13.9 Å². The molecule has 0 heterocycles. The van der Waals surface area contributed by atoms with Crippen LogP contribution >= 0.6 is 0 Å². The molecule has 0 saturated heterocycles. The number of likely N-dealkylation sites (N-methyl/N-ethyl adjacent to an activating group) is 1. The molecule has 0 aliphatic heterocycles. The molecule has 1 N–H and O–H groups in total. The first-order valence-electron chi connectivity index (χ1n) is 7.02. The van der Waals surface area contributed by atoms with Gasteiger partial charge in [0.25, 0.3) is 0 Å². The maximum Gasteiger partial charge on any atom is 0.321 e. The number of anilines is 1. The number of carbonyl (C=O) groups excluding carboxylic acids is 1. The standard InChI is InChI=1S/C17H19FN2O2/c1-13-7-9-14(10-8-13)19-17(21)20(2)11-12-22-16-6-4-3-5-15(16)18/h3-10H,11-12H2,1-2H3,(H,19,21). The Hall–Kier alpha value is -2.56. The van der Waals surface area contributed by atoms with Crippen LogP contribution in [0.5, 0.6) is 5.75 Å². The summed E-state index contributed by atoms with van der Waals surface area (Å²) in [6.45, 7) is 2.56. The van der Waals surface area contributed by atoms with Crippen LogP contribution in [0.4, 0.5) is 14.9 Å². The van der Waals surface area contributed by atoms with Crippen molar-refractivity contribution in [3.8, 4) is 5.75 Å². The molecule has 0 bridgehead atoms. The fraction of sp³-hybridized carbons (Fsp3) is 0.235. The number of aryl methyl sites for hydroxylation is 1. The van der Waals surface area contributed by atoms with Crippen LogP contribution in [-0.4, -0.2) is 31.1 Å². The third-order valence-electron chi connectivity index (χ3n) is 3.17. The van der Waals surface area contributed by atoms with Crippen LogP contribution in [0.2, 0.25) is 0 Å². The number of nitrogens with zero attached hydrogens (tertiary/aromatic N) is 1. The van der Waals surface area contributed by atoms with Crippen molar-refractivity contribution in [2.75, 3.05) is 25.5 Å². The van der Waals surface area contributed by atoms with Crippen LogP contribution in [0.1, 0.15) is 5.56 Å². The number of rotatable bonds is 5. The second-order valence-corrected chi connectivity index (χ2v) is 5.00. The first kappa shape index (κ1) is 15.8. The number of nitrogens with one attached hydrogen (secondary N) is 1. The molecule has 0 aliphatic carbocycles. The zero-order valence-electron chi connectivity index (χ0n) is 12.7. The first-order chi connectivity index (χ1) is 10.6. The average Bonchev–Trinajstić information content (AvgIpc) is 2.51. The second-order valence-electron chi connectivity index (χ2n) is 5.00. The summed E-state index contributed by atoms with van der Waals surface area (Å²) in [5.74, 6) is -0.218. The zero-order valence-corrected chi connectivity index (χ0v) is 12.7. The lowest BCUT2D eigenvalue weighted by molar-refractivity contribution is 0.206. The van der Waals surface area contributed by atoms with Gasteiger partial charge in [-0.15, -0.1) is 0 Å². The Bertz CT molecular complexity index is 629. The van der Waals surface area contributed by atoms with Gasteiger partial charge in [-0.1, -0.05) is 29.8 Å². The van der Waals surface area contributed by atoms with Gasteiger partial charge in [0.2, 0.25) is 0 Å². The van der Waals surface area contributed by atoms with Crippen LogP contribution in [0, 0.1) is 12.7 Å². The van der Waals surface area contributed by atoms with Gasteiger partial charge in [0.05, 0.1) is 6.54 Å². The molecule has 0 spiro atoms. The lowest BCUT2D eigenvalue weighted by atomic mass is 10.2. The molecule has 116 valence electrons. The topological polar surface area (TPSA) is 41.6 Å². The molecule has 0 aromatic heterocycles. The summed E-state index contributed by atoms with van der Waals surface area (Å²) < 4.78 is 18.7. The highest BCUT2D eigenvalue weighted by Crippen LogP contribution is 2.15. The van der Waals surface area contributed by atoms with E-state index in [0.29, 0.717) is 6.54 Å². The number of halogens is 1. The highest BCUT2D eigenvalue weighted by Gasteiger charge is 2.09. The van der Waals surface area contributed by atoms with Crippen LogP contribution in [0.3, 0.4) is 0 Å². The molecule has 2 amide bonds. The minimum Gasteiger partial charge on any atom is -0.489 e. The highest BCUT2D eigenvalue weighted by atomic mass is 19.1. The number of hydrogen-bond acceptors (Lipinski definition) is 2.